The lowest BCUT2D eigenvalue weighted by Gasteiger charge is -2.17. The lowest BCUT2D eigenvalue weighted by Crippen LogP contribution is -2.30. The Balaban J connectivity index is 1.60. The SMILES string of the molecule is Cc1nc(OCCNS(=O)(=O)c2c(F)cccc2F)cc(N2CCCC2)n1. The number of sulfonamides is 1. The van der Waals surface area contributed by atoms with Gasteiger partial charge in [0.2, 0.25) is 15.9 Å². The molecule has 2 heterocycles. The van der Waals surface area contributed by atoms with Gasteiger partial charge in [0.15, 0.2) is 4.90 Å². The Hall–Kier alpha value is -2.33. The van der Waals surface area contributed by atoms with Crippen molar-refractivity contribution < 1.29 is 21.9 Å². The maximum atomic E-state index is 13.6. The number of rotatable bonds is 7. The number of halogens is 2. The van der Waals surface area contributed by atoms with Crippen molar-refractivity contribution in [3.63, 3.8) is 0 Å². The molecule has 146 valence electrons. The van der Waals surface area contributed by atoms with Gasteiger partial charge in [-0.3, -0.25) is 0 Å². The van der Waals surface area contributed by atoms with Crippen LogP contribution in [0, 0.1) is 18.6 Å². The average molecular weight is 398 g/mol. The molecule has 0 atom stereocenters. The number of aryl methyl sites for hydroxylation is 1. The summed E-state index contributed by atoms with van der Waals surface area (Å²) in [5.74, 6) is -0.664. The van der Waals surface area contributed by atoms with Crippen LogP contribution in [0.15, 0.2) is 29.2 Å². The Morgan fingerprint density at radius 1 is 1.19 bits per heavy atom. The zero-order valence-corrected chi connectivity index (χ0v) is 15.6. The van der Waals surface area contributed by atoms with Gasteiger partial charge in [0.1, 0.15) is 29.9 Å². The minimum absolute atomic E-state index is 0.0504. The molecule has 0 amide bonds. The minimum Gasteiger partial charge on any atom is -0.476 e. The summed E-state index contributed by atoms with van der Waals surface area (Å²) in [5.41, 5.74) is 0. The molecule has 0 radical (unpaired) electrons. The molecule has 3 rings (SSSR count). The molecule has 0 saturated carbocycles. The zero-order valence-electron chi connectivity index (χ0n) is 14.8. The van der Waals surface area contributed by atoms with Gasteiger partial charge in [-0.2, -0.15) is 4.98 Å². The van der Waals surface area contributed by atoms with Crippen molar-refractivity contribution in [3.05, 3.63) is 41.7 Å². The molecule has 1 saturated heterocycles. The fraction of sp³-hybridized carbons (Fsp3) is 0.412. The second-order valence-electron chi connectivity index (χ2n) is 6.10. The summed E-state index contributed by atoms with van der Waals surface area (Å²) in [6, 6.07) is 4.57. The minimum atomic E-state index is -4.33. The van der Waals surface area contributed by atoms with Crippen LogP contribution in [0.2, 0.25) is 0 Å². The van der Waals surface area contributed by atoms with E-state index in [2.05, 4.69) is 19.6 Å². The molecule has 0 aliphatic carbocycles. The molecular formula is C17H20F2N4O3S. The van der Waals surface area contributed by atoms with Crippen molar-refractivity contribution in [2.75, 3.05) is 31.1 Å². The summed E-state index contributed by atoms with van der Waals surface area (Å²) < 4.78 is 59.1. The van der Waals surface area contributed by atoms with Crippen LogP contribution in [-0.4, -0.2) is 44.6 Å². The van der Waals surface area contributed by atoms with Crippen molar-refractivity contribution in [1.29, 1.82) is 0 Å². The van der Waals surface area contributed by atoms with Gasteiger partial charge in [-0.1, -0.05) is 6.07 Å². The van der Waals surface area contributed by atoms with Crippen LogP contribution in [0.25, 0.3) is 0 Å². The largest absolute Gasteiger partial charge is 0.476 e. The van der Waals surface area contributed by atoms with E-state index in [1.807, 2.05) is 0 Å². The monoisotopic (exact) mass is 398 g/mol. The third kappa shape index (κ3) is 4.69. The van der Waals surface area contributed by atoms with Gasteiger partial charge in [0.05, 0.1) is 0 Å². The molecular weight excluding hydrogens is 378 g/mol. The summed E-state index contributed by atoms with van der Waals surface area (Å²) in [5, 5.41) is 0. The van der Waals surface area contributed by atoms with Gasteiger partial charge >= 0.3 is 0 Å². The molecule has 0 unspecified atom stereocenters. The maximum Gasteiger partial charge on any atom is 0.246 e. The van der Waals surface area contributed by atoms with Crippen molar-refractivity contribution in [3.8, 4) is 5.88 Å². The maximum absolute atomic E-state index is 13.6. The lowest BCUT2D eigenvalue weighted by molar-refractivity contribution is 0.309. The normalized spacial score (nSPS) is 14.6. The average Bonchev–Trinajstić information content (AvgIpc) is 3.12. The molecule has 2 aromatic rings. The van der Waals surface area contributed by atoms with Crippen LogP contribution < -0.4 is 14.4 Å². The van der Waals surface area contributed by atoms with Crippen LogP contribution in [0.1, 0.15) is 18.7 Å². The van der Waals surface area contributed by atoms with E-state index in [4.69, 9.17) is 4.74 Å². The lowest BCUT2D eigenvalue weighted by atomic mass is 10.3. The van der Waals surface area contributed by atoms with Gasteiger partial charge in [-0.05, 0) is 31.9 Å². The highest BCUT2D eigenvalue weighted by Crippen LogP contribution is 2.22. The highest BCUT2D eigenvalue weighted by Gasteiger charge is 2.23. The van der Waals surface area contributed by atoms with Gasteiger partial charge in [-0.15, -0.1) is 0 Å². The summed E-state index contributed by atoms with van der Waals surface area (Å²) in [7, 11) is -4.33. The van der Waals surface area contributed by atoms with Crippen LogP contribution in [0.5, 0.6) is 5.88 Å². The molecule has 1 aromatic carbocycles. The third-order valence-electron chi connectivity index (χ3n) is 4.06. The van der Waals surface area contributed by atoms with E-state index in [0.29, 0.717) is 11.7 Å². The Kier molecular flexibility index (Phi) is 5.85. The quantitative estimate of drug-likeness (QED) is 0.719. The molecule has 1 aromatic heterocycles. The first kappa shape index (κ1) is 19.4. The number of aromatic nitrogens is 2. The van der Waals surface area contributed by atoms with E-state index in [0.717, 1.165) is 49.9 Å². The second kappa shape index (κ2) is 8.13. The van der Waals surface area contributed by atoms with Crippen LogP contribution in [0.3, 0.4) is 0 Å². The standard InChI is InChI=1S/C17H20F2N4O3S/c1-12-21-15(23-8-2-3-9-23)11-16(22-12)26-10-7-20-27(24,25)17-13(18)5-4-6-14(17)19/h4-6,11,20H,2-3,7-10H2,1H3. The van der Waals surface area contributed by atoms with Gasteiger partial charge in [0, 0.05) is 25.7 Å². The number of anilines is 1. The topological polar surface area (TPSA) is 84.4 Å². The molecule has 1 aliphatic rings. The smallest absolute Gasteiger partial charge is 0.246 e. The Morgan fingerprint density at radius 2 is 1.85 bits per heavy atom. The molecule has 0 spiro atoms. The van der Waals surface area contributed by atoms with Crippen LogP contribution in [0.4, 0.5) is 14.6 Å². The van der Waals surface area contributed by atoms with Crippen molar-refractivity contribution in [2.45, 2.75) is 24.7 Å². The Bertz CT molecular complexity index is 898. The molecule has 0 bridgehead atoms. The number of hydrogen-bond donors (Lipinski definition) is 1. The van der Waals surface area contributed by atoms with E-state index in [-0.39, 0.29) is 13.2 Å². The summed E-state index contributed by atoms with van der Waals surface area (Å²) in [4.78, 5) is 9.68. The number of ether oxygens (including phenoxy) is 1. The fourth-order valence-corrected chi connectivity index (χ4v) is 4.00. The third-order valence-corrected chi connectivity index (χ3v) is 5.57. The summed E-state index contributed by atoms with van der Waals surface area (Å²) >= 11 is 0. The molecule has 27 heavy (non-hydrogen) atoms. The Morgan fingerprint density at radius 3 is 2.52 bits per heavy atom. The summed E-state index contributed by atoms with van der Waals surface area (Å²) in [6.07, 6.45) is 2.21. The van der Waals surface area contributed by atoms with E-state index in [1.54, 1.807) is 13.0 Å². The molecule has 1 fully saturated rings. The fourth-order valence-electron chi connectivity index (χ4n) is 2.85. The molecule has 1 N–H and O–H groups in total. The zero-order chi connectivity index (χ0) is 19.4. The number of nitrogens with one attached hydrogen (secondary N) is 1. The first-order valence-electron chi connectivity index (χ1n) is 8.54. The first-order chi connectivity index (χ1) is 12.9. The van der Waals surface area contributed by atoms with Crippen LogP contribution >= 0.6 is 0 Å². The van der Waals surface area contributed by atoms with Crippen LogP contribution in [-0.2, 0) is 10.0 Å². The predicted molar refractivity (Wildman–Crippen MR) is 95.3 cm³/mol. The molecule has 1 aliphatic heterocycles. The highest BCUT2D eigenvalue weighted by molar-refractivity contribution is 7.89. The second-order valence-corrected chi connectivity index (χ2v) is 7.81. The van der Waals surface area contributed by atoms with E-state index in [1.165, 1.54) is 0 Å². The van der Waals surface area contributed by atoms with Crippen molar-refractivity contribution >= 4 is 15.8 Å². The van der Waals surface area contributed by atoms with Crippen molar-refractivity contribution in [1.82, 2.24) is 14.7 Å². The number of hydrogen-bond acceptors (Lipinski definition) is 6. The van der Waals surface area contributed by atoms with Crippen molar-refractivity contribution in [2.24, 2.45) is 0 Å². The first-order valence-corrected chi connectivity index (χ1v) is 10.0. The van der Waals surface area contributed by atoms with Gasteiger partial charge in [0.25, 0.3) is 0 Å². The predicted octanol–water partition coefficient (Wildman–Crippen LogP) is 2.02. The van der Waals surface area contributed by atoms with E-state index >= 15 is 0 Å². The van der Waals surface area contributed by atoms with E-state index < -0.39 is 26.6 Å². The summed E-state index contributed by atoms with van der Waals surface area (Å²) in [6.45, 7) is 3.37. The number of benzene rings is 1. The van der Waals surface area contributed by atoms with Gasteiger partial charge < -0.3 is 9.64 Å². The van der Waals surface area contributed by atoms with E-state index in [9.17, 15) is 17.2 Å². The molecule has 7 nitrogen and oxygen atoms in total. The Labute approximate surface area is 156 Å². The van der Waals surface area contributed by atoms with Gasteiger partial charge in [-0.25, -0.2) is 26.9 Å². The molecule has 10 heteroatoms. The highest BCUT2D eigenvalue weighted by atomic mass is 32.2. The number of nitrogens with zero attached hydrogens (tertiary/aromatic N) is 3.